The van der Waals surface area contributed by atoms with Gasteiger partial charge >= 0.3 is 0 Å². The van der Waals surface area contributed by atoms with E-state index in [0.29, 0.717) is 13.1 Å². The highest BCUT2D eigenvalue weighted by Crippen LogP contribution is 2.27. The van der Waals surface area contributed by atoms with Gasteiger partial charge in [-0.25, -0.2) is 0 Å². The topological polar surface area (TPSA) is 70.2 Å². The van der Waals surface area contributed by atoms with Crippen molar-refractivity contribution in [2.45, 2.75) is 51.5 Å². The normalized spacial score (nSPS) is 17.9. The highest BCUT2D eigenvalue weighted by molar-refractivity contribution is 5.92. The number of anilines is 1. The highest BCUT2D eigenvalue weighted by atomic mass is 16.2. The Hall–Kier alpha value is -1.88. The summed E-state index contributed by atoms with van der Waals surface area (Å²) < 4.78 is 0. The molecule has 0 bridgehead atoms. The van der Waals surface area contributed by atoms with E-state index < -0.39 is 0 Å². The highest BCUT2D eigenvalue weighted by Gasteiger charge is 2.21. The fourth-order valence-electron chi connectivity index (χ4n) is 3.34. The first-order chi connectivity index (χ1) is 12.2. The van der Waals surface area contributed by atoms with Gasteiger partial charge in [0.15, 0.2) is 0 Å². The van der Waals surface area contributed by atoms with E-state index in [1.165, 1.54) is 19.3 Å². The zero-order valence-corrected chi connectivity index (χ0v) is 14.9. The zero-order chi connectivity index (χ0) is 17.5. The molecule has 0 aliphatic heterocycles. The summed E-state index contributed by atoms with van der Waals surface area (Å²) in [7, 11) is 0. The minimum Gasteiger partial charge on any atom is -0.351 e. The number of nitrogens with one attached hydrogen (secondary N) is 3. The molecule has 3 N–H and O–H groups in total. The number of hydrogen-bond donors (Lipinski definition) is 3. The Morgan fingerprint density at radius 3 is 2.60 bits per heavy atom. The molecule has 5 heteroatoms. The van der Waals surface area contributed by atoms with Gasteiger partial charge in [-0.3, -0.25) is 9.59 Å². The molecule has 0 aromatic heterocycles. The Kier molecular flexibility index (Phi) is 6.45. The molecule has 0 atom stereocenters. The van der Waals surface area contributed by atoms with Crippen LogP contribution < -0.4 is 16.0 Å². The van der Waals surface area contributed by atoms with Gasteiger partial charge in [-0.2, -0.15) is 0 Å². The number of rotatable bonds is 8. The summed E-state index contributed by atoms with van der Waals surface area (Å²) in [4.78, 5) is 24.2. The van der Waals surface area contributed by atoms with Crippen LogP contribution in [-0.2, 0) is 16.1 Å². The van der Waals surface area contributed by atoms with E-state index in [1.54, 1.807) is 0 Å². The van der Waals surface area contributed by atoms with Crippen molar-refractivity contribution in [3.05, 3.63) is 29.8 Å². The maximum Gasteiger partial charge on any atom is 0.234 e. The van der Waals surface area contributed by atoms with Gasteiger partial charge in [0.2, 0.25) is 11.8 Å². The first-order valence-electron chi connectivity index (χ1n) is 9.58. The lowest BCUT2D eigenvalue weighted by atomic mass is 9.88. The van der Waals surface area contributed by atoms with Crippen molar-refractivity contribution in [2.75, 3.05) is 18.4 Å². The van der Waals surface area contributed by atoms with Gasteiger partial charge in [-0.15, -0.1) is 0 Å². The lowest BCUT2D eigenvalue weighted by Gasteiger charge is -2.20. The molecule has 2 aliphatic rings. The van der Waals surface area contributed by atoms with Crippen LogP contribution in [0.25, 0.3) is 0 Å². The predicted molar refractivity (Wildman–Crippen MR) is 99.1 cm³/mol. The lowest BCUT2D eigenvalue weighted by Crippen LogP contribution is -2.34. The van der Waals surface area contributed by atoms with E-state index in [4.69, 9.17) is 0 Å². The number of hydrogen-bond acceptors (Lipinski definition) is 3. The number of carbonyl (C=O) groups excluding carboxylic acids is 2. The third-order valence-electron chi connectivity index (χ3n) is 5.08. The van der Waals surface area contributed by atoms with Gasteiger partial charge in [0.1, 0.15) is 0 Å². The van der Waals surface area contributed by atoms with Crippen molar-refractivity contribution in [1.82, 2.24) is 10.6 Å². The molecule has 0 saturated heterocycles. The Bertz CT molecular complexity index is 592. The summed E-state index contributed by atoms with van der Waals surface area (Å²) in [6.07, 6.45) is 8.11. The smallest absolute Gasteiger partial charge is 0.234 e. The Balaban J connectivity index is 1.42. The van der Waals surface area contributed by atoms with Crippen LogP contribution in [0.5, 0.6) is 0 Å². The van der Waals surface area contributed by atoms with E-state index in [9.17, 15) is 9.59 Å². The fraction of sp³-hybridized carbons (Fsp3) is 0.600. The van der Waals surface area contributed by atoms with Gasteiger partial charge in [-0.05, 0) is 55.8 Å². The molecule has 25 heavy (non-hydrogen) atoms. The van der Waals surface area contributed by atoms with Gasteiger partial charge < -0.3 is 16.0 Å². The largest absolute Gasteiger partial charge is 0.351 e. The summed E-state index contributed by atoms with van der Waals surface area (Å²) in [6.45, 7) is 1.79. The zero-order valence-electron chi connectivity index (χ0n) is 14.9. The van der Waals surface area contributed by atoms with Crippen molar-refractivity contribution in [2.24, 2.45) is 11.8 Å². The summed E-state index contributed by atoms with van der Waals surface area (Å²) in [5.41, 5.74) is 1.81. The van der Waals surface area contributed by atoms with Crippen molar-refractivity contribution >= 4 is 17.5 Å². The second kappa shape index (κ2) is 8.99. The fourth-order valence-corrected chi connectivity index (χ4v) is 3.34. The molecule has 0 unspecified atom stereocenters. The molecular weight excluding hydrogens is 314 g/mol. The summed E-state index contributed by atoms with van der Waals surface area (Å²) in [6, 6.07) is 7.74. The molecule has 0 spiro atoms. The third-order valence-corrected chi connectivity index (χ3v) is 5.08. The van der Waals surface area contributed by atoms with Crippen LogP contribution in [0.2, 0.25) is 0 Å². The molecule has 2 fully saturated rings. The molecule has 0 radical (unpaired) electrons. The van der Waals surface area contributed by atoms with Crippen molar-refractivity contribution in [3.63, 3.8) is 0 Å². The second-order valence-corrected chi connectivity index (χ2v) is 7.38. The first-order valence-corrected chi connectivity index (χ1v) is 9.58. The van der Waals surface area contributed by atoms with Crippen LogP contribution in [0.1, 0.15) is 50.5 Å². The number of carbonyl (C=O) groups is 2. The predicted octanol–water partition coefficient (Wildman–Crippen LogP) is 2.82. The number of amides is 2. The molecular formula is C20H29N3O2. The van der Waals surface area contributed by atoms with Crippen LogP contribution in [0.3, 0.4) is 0 Å². The van der Waals surface area contributed by atoms with E-state index >= 15 is 0 Å². The molecule has 5 nitrogen and oxygen atoms in total. The van der Waals surface area contributed by atoms with E-state index in [1.807, 2.05) is 24.3 Å². The first kappa shape index (κ1) is 17.9. The summed E-state index contributed by atoms with van der Waals surface area (Å²) >= 11 is 0. The second-order valence-electron chi connectivity index (χ2n) is 7.38. The average Bonchev–Trinajstić information content (AvgIpc) is 3.45. The molecule has 3 rings (SSSR count). The lowest BCUT2D eigenvalue weighted by molar-refractivity contribution is -0.121. The SMILES string of the molecule is O=C(CNCC1CC1)NCc1cccc(NC(=O)C2CCCCC2)c1. The van der Waals surface area contributed by atoms with Crippen molar-refractivity contribution in [3.8, 4) is 0 Å². The van der Waals surface area contributed by atoms with Crippen LogP contribution in [-0.4, -0.2) is 24.9 Å². The minimum absolute atomic E-state index is 0.0114. The maximum atomic E-state index is 12.3. The number of benzene rings is 1. The van der Waals surface area contributed by atoms with Gasteiger partial charge in [0.05, 0.1) is 6.54 Å². The Morgan fingerprint density at radius 1 is 1.04 bits per heavy atom. The molecule has 0 heterocycles. The van der Waals surface area contributed by atoms with Crippen molar-refractivity contribution < 1.29 is 9.59 Å². The van der Waals surface area contributed by atoms with Crippen LogP contribution in [0.15, 0.2) is 24.3 Å². The third kappa shape index (κ3) is 6.16. The van der Waals surface area contributed by atoms with Crippen LogP contribution in [0, 0.1) is 11.8 Å². The van der Waals surface area contributed by atoms with Gasteiger partial charge in [0, 0.05) is 18.2 Å². The van der Waals surface area contributed by atoms with E-state index in [-0.39, 0.29) is 17.7 Å². The molecule has 2 amide bonds. The average molecular weight is 343 g/mol. The van der Waals surface area contributed by atoms with E-state index in [0.717, 1.165) is 49.4 Å². The van der Waals surface area contributed by atoms with Gasteiger partial charge in [-0.1, -0.05) is 31.4 Å². The Morgan fingerprint density at radius 2 is 1.84 bits per heavy atom. The molecule has 1 aromatic rings. The molecule has 136 valence electrons. The molecule has 2 aliphatic carbocycles. The summed E-state index contributed by atoms with van der Waals surface area (Å²) in [5.74, 6) is 1.06. The van der Waals surface area contributed by atoms with Crippen LogP contribution >= 0.6 is 0 Å². The molecule has 2 saturated carbocycles. The summed E-state index contributed by atoms with van der Waals surface area (Å²) in [5, 5.41) is 9.14. The van der Waals surface area contributed by atoms with E-state index in [2.05, 4.69) is 16.0 Å². The van der Waals surface area contributed by atoms with Gasteiger partial charge in [0.25, 0.3) is 0 Å². The van der Waals surface area contributed by atoms with Crippen molar-refractivity contribution in [1.29, 1.82) is 0 Å². The minimum atomic E-state index is 0.0114. The maximum absolute atomic E-state index is 12.3. The monoisotopic (exact) mass is 343 g/mol. The quantitative estimate of drug-likeness (QED) is 0.680. The standard InChI is InChI=1S/C20H29N3O2/c24-19(14-21-12-15-9-10-15)22-13-16-5-4-8-18(11-16)23-20(25)17-6-2-1-3-7-17/h4-5,8,11,15,17,21H,1-3,6-7,9-10,12-14H2,(H,22,24)(H,23,25). The van der Waals surface area contributed by atoms with Crippen LogP contribution in [0.4, 0.5) is 5.69 Å². The molecule has 1 aromatic carbocycles. The Labute approximate surface area is 150 Å².